The third kappa shape index (κ3) is 3.47. The van der Waals surface area contributed by atoms with Gasteiger partial charge in [-0.25, -0.2) is 9.37 Å². The Kier molecular flexibility index (Phi) is 4.79. The van der Waals surface area contributed by atoms with Gasteiger partial charge in [0.1, 0.15) is 17.1 Å². The predicted molar refractivity (Wildman–Crippen MR) is 123 cm³/mol. The van der Waals surface area contributed by atoms with Crippen LogP contribution in [-0.2, 0) is 6.42 Å². The van der Waals surface area contributed by atoms with Crippen LogP contribution >= 0.6 is 0 Å². The number of amides is 1. The van der Waals surface area contributed by atoms with Gasteiger partial charge in [-0.2, -0.15) is 4.98 Å². The summed E-state index contributed by atoms with van der Waals surface area (Å²) in [5, 5.41) is 6.12. The lowest BCUT2D eigenvalue weighted by atomic mass is 10.0. The highest BCUT2D eigenvalue weighted by molar-refractivity contribution is 6.08. The molecule has 0 spiro atoms. The molecule has 2 aliphatic rings. The highest BCUT2D eigenvalue weighted by Crippen LogP contribution is 2.41. The van der Waals surface area contributed by atoms with Gasteiger partial charge in [-0.05, 0) is 31.0 Å². The minimum Gasteiger partial charge on any atom is -0.492 e. The third-order valence-electron chi connectivity index (χ3n) is 5.92. The Bertz CT molecular complexity index is 1430. The number of carbonyl (C=O) groups is 1. The van der Waals surface area contributed by atoms with Gasteiger partial charge in [-0.3, -0.25) is 9.78 Å². The van der Waals surface area contributed by atoms with E-state index in [2.05, 4.69) is 30.6 Å². The summed E-state index contributed by atoms with van der Waals surface area (Å²) in [7, 11) is 1.40. The zero-order chi connectivity index (χ0) is 23.2. The van der Waals surface area contributed by atoms with Gasteiger partial charge in [0, 0.05) is 30.4 Å². The smallest absolute Gasteiger partial charge is 0.317 e. The summed E-state index contributed by atoms with van der Waals surface area (Å²) < 4.78 is 25.5. The molecule has 10 heteroatoms. The number of para-hydroxylation sites is 1. The number of rotatable bonds is 6. The summed E-state index contributed by atoms with van der Waals surface area (Å²) in [6, 6.07) is 6.70. The number of benzene rings is 1. The molecule has 3 aromatic heterocycles. The number of methoxy groups -OCH3 is 1. The Morgan fingerprint density at radius 1 is 1.21 bits per heavy atom. The number of pyridine rings is 1. The Labute approximate surface area is 193 Å². The number of halogens is 1. The highest BCUT2D eigenvalue weighted by Gasteiger charge is 2.29. The number of nitrogens with zero attached hydrogens (tertiary/aromatic N) is 3. The first-order valence-electron chi connectivity index (χ1n) is 11.0. The lowest BCUT2D eigenvalue weighted by Crippen LogP contribution is -2.31. The maximum absolute atomic E-state index is 14.4. The van der Waals surface area contributed by atoms with E-state index in [0.717, 1.165) is 18.5 Å². The zero-order valence-corrected chi connectivity index (χ0v) is 18.3. The predicted octanol–water partition coefficient (Wildman–Crippen LogP) is 3.74. The van der Waals surface area contributed by atoms with E-state index in [1.54, 1.807) is 24.5 Å². The molecule has 3 N–H and O–H groups in total. The molecule has 1 aliphatic heterocycles. The van der Waals surface area contributed by atoms with Crippen LogP contribution in [-0.4, -0.2) is 45.6 Å². The van der Waals surface area contributed by atoms with Crippen molar-refractivity contribution in [2.45, 2.75) is 25.4 Å². The second-order valence-electron chi connectivity index (χ2n) is 8.24. The van der Waals surface area contributed by atoms with Gasteiger partial charge in [0.05, 0.1) is 35.9 Å². The molecule has 1 amide bonds. The third-order valence-corrected chi connectivity index (χ3v) is 5.92. The first-order chi connectivity index (χ1) is 16.6. The number of nitrogens with one attached hydrogen (secondary N) is 3. The Morgan fingerprint density at radius 3 is 2.91 bits per heavy atom. The lowest BCUT2D eigenvalue weighted by Gasteiger charge is -2.17. The van der Waals surface area contributed by atoms with Gasteiger partial charge in [-0.15, -0.1) is 0 Å². The summed E-state index contributed by atoms with van der Waals surface area (Å²) in [6.45, 7) is 0.521. The van der Waals surface area contributed by atoms with E-state index in [0.29, 0.717) is 58.2 Å². The summed E-state index contributed by atoms with van der Waals surface area (Å²) in [4.78, 5) is 29.6. The minimum absolute atomic E-state index is 0.0571. The first-order valence-corrected chi connectivity index (χ1v) is 11.0. The molecule has 0 unspecified atom stereocenters. The summed E-state index contributed by atoms with van der Waals surface area (Å²) in [5.41, 5.74) is 4.69. The van der Waals surface area contributed by atoms with Crippen LogP contribution in [0.2, 0.25) is 0 Å². The Hall–Kier alpha value is -4.21. The monoisotopic (exact) mass is 460 g/mol. The molecule has 172 valence electrons. The second-order valence-corrected chi connectivity index (χ2v) is 8.24. The molecule has 1 aliphatic carbocycles. The highest BCUT2D eigenvalue weighted by atomic mass is 19.1. The van der Waals surface area contributed by atoms with E-state index >= 15 is 0 Å². The van der Waals surface area contributed by atoms with Crippen molar-refractivity contribution in [3.63, 3.8) is 0 Å². The van der Waals surface area contributed by atoms with Crippen LogP contribution in [0.1, 0.15) is 28.9 Å². The van der Waals surface area contributed by atoms with Crippen molar-refractivity contribution in [3.8, 4) is 23.0 Å². The second kappa shape index (κ2) is 7.98. The fraction of sp³-hybridized carbons (Fsp3) is 0.250. The molecule has 0 bridgehead atoms. The topological polar surface area (TPSA) is 114 Å². The van der Waals surface area contributed by atoms with E-state index in [1.165, 1.54) is 13.2 Å². The van der Waals surface area contributed by atoms with Crippen molar-refractivity contribution in [2.75, 3.05) is 19.0 Å². The average molecular weight is 460 g/mol. The van der Waals surface area contributed by atoms with Crippen molar-refractivity contribution >= 4 is 28.3 Å². The van der Waals surface area contributed by atoms with Crippen LogP contribution in [0.3, 0.4) is 0 Å². The normalized spacial score (nSPS) is 15.1. The fourth-order valence-corrected chi connectivity index (χ4v) is 4.17. The number of carbonyl (C=O) groups excluding carboxylic acids is 1. The van der Waals surface area contributed by atoms with Crippen molar-refractivity contribution in [1.29, 1.82) is 0 Å². The molecule has 1 saturated carbocycles. The quantitative estimate of drug-likeness (QED) is 0.402. The summed E-state index contributed by atoms with van der Waals surface area (Å²) in [6.07, 6.45) is 6.05. The molecule has 9 nitrogen and oxygen atoms in total. The minimum atomic E-state index is -0.508. The molecular formula is C24H21FN6O3. The first kappa shape index (κ1) is 20.4. The molecule has 0 radical (unpaired) electrons. The number of hydrogen-bond donors (Lipinski definition) is 3. The Balaban J connectivity index is 1.54. The van der Waals surface area contributed by atoms with Crippen molar-refractivity contribution < 1.29 is 18.7 Å². The standard InChI is InChI=1S/C24H21FN6O3/c1-33-22-14(25)3-2-4-16(22)30-21-18-15(8-10-27-23(18)32)29-20(21)13-7-9-26-17-11-28-24(31-19(13)17)34-12-5-6-12/h2-4,7,9,11-12,29-30H,5-6,8,10H2,1H3,(H,27,32). The van der Waals surface area contributed by atoms with Crippen LogP contribution in [0, 0.1) is 5.82 Å². The van der Waals surface area contributed by atoms with Crippen LogP contribution in [0.15, 0.2) is 36.7 Å². The number of aromatic amines is 1. The van der Waals surface area contributed by atoms with E-state index in [-0.39, 0.29) is 17.8 Å². The molecule has 1 fully saturated rings. The van der Waals surface area contributed by atoms with Crippen molar-refractivity contribution in [2.24, 2.45) is 0 Å². The maximum atomic E-state index is 14.4. The van der Waals surface area contributed by atoms with Gasteiger partial charge < -0.3 is 25.1 Å². The molecule has 4 aromatic rings. The van der Waals surface area contributed by atoms with E-state index in [4.69, 9.17) is 9.47 Å². The molecule has 34 heavy (non-hydrogen) atoms. The van der Waals surface area contributed by atoms with Crippen LogP contribution < -0.4 is 20.1 Å². The van der Waals surface area contributed by atoms with Gasteiger partial charge in [0.15, 0.2) is 11.6 Å². The van der Waals surface area contributed by atoms with Gasteiger partial charge in [0.2, 0.25) is 0 Å². The number of fused-ring (bicyclic) bond motifs is 2. The van der Waals surface area contributed by atoms with Gasteiger partial charge >= 0.3 is 6.01 Å². The van der Waals surface area contributed by atoms with Crippen LogP contribution in [0.5, 0.6) is 11.8 Å². The largest absolute Gasteiger partial charge is 0.492 e. The van der Waals surface area contributed by atoms with E-state index < -0.39 is 5.82 Å². The average Bonchev–Trinajstić information content (AvgIpc) is 3.58. The van der Waals surface area contributed by atoms with Crippen molar-refractivity contribution in [3.05, 3.63) is 53.7 Å². The van der Waals surface area contributed by atoms with Gasteiger partial charge in [0.25, 0.3) is 5.91 Å². The zero-order valence-electron chi connectivity index (χ0n) is 18.3. The van der Waals surface area contributed by atoms with Gasteiger partial charge in [-0.1, -0.05) is 6.07 Å². The fourth-order valence-electron chi connectivity index (χ4n) is 4.17. The molecule has 4 heterocycles. The SMILES string of the molecule is COc1c(F)cccc1Nc1c(-c2ccnc3cnc(OC4CC4)nc23)[nH]c2c1C(=O)NCC2. The van der Waals surface area contributed by atoms with E-state index in [1.807, 2.05) is 6.07 Å². The molecule has 0 atom stereocenters. The van der Waals surface area contributed by atoms with E-state index in [9.17, 15) is 9.18 Å². The van der Waals surface area contributed by atoms with Crippen LogP contribution in [0.25, 0.3) is 22.3 Å². The number of anilines is 2. The Morgan fingerprint density at radius 2 is 2.09 bits per heavy atom. The maximum Gasteiger partial charge on any atom is 0.317 e. The summed E-state index contributed by atoms with van der Waals surface area (Å²) in [5.74, 6) is -0.666. The molecule has 1 aromatic carbocycles. The van der Waals surface area contributed by atoms with Crippen LogP contribution in [0.4, 0.5) is 15.8 Å². The number of aromatic nitrogens is 4. The number of ether oxygens (including phenoxy) is 2. The summed E-state index contributed by atoms with van der Waals surface area (Å²) >= 11 is 0. The van der Waals surface area contributed by atoms with Crippen molar-refractivity contribution in [1.82, 2.24) is 25.3 Å². The molecular weight excluding hydrogens is 439 g/mol. The number of hydrogen-bond acceptors (Lipinski definition) is 7. The lowest BCUT2D eigenvalue weighted by molar-refractivity contribution is 0.0947. The molecule has 6 rings (SSSR count). The number of H-pyrrole nitrogens is 1. The molecule has 0 saturated heterocycles.